The maximum absolute atomic E-state index is 10.6. The van der Waals surface area contributed by atoms with Crippen LogP contribution in [-0.2, 0) is 4.79 Å². The Bertz CT molecular complexity index is 251. The maximum Gasteiger partial charge on any atom is 0.148 e. The van der Waals surface area contributed by atoms with Crippen molar-refractivity contribution < 1.29 is 15.0 Å². The van der Waals surface area contributed by atoms with Crippen LogP contribution in [0.4, 0.5) is 0 Å². The van der Waals surface area contributed by atoms with E-state index in [1.807, 2.05) is 0 Å². The molecule has 0 saturated carbocycles. The van der Waals surface area contributed by atoms with Crippen molar-refractivity contribution >= 4 is 6.29 Å². The summed E-state index contributed by atoms with van der Waals surface area (Å²) in [5.74, 6) is 0. The number of aliphatic hydroxyl groups excluding tert-OH is 2. The van der Waals surface area contributed by atoms with Gasteiger partial charge in [-0.05, 0) is 13.8 Å². The van der Waals surface area contributed by atoms with Crippen molar-refractivity contribution in [2.24, 2.45) is 0 Å². The van der Waals surface area contributed by atoms with Crippen LogP contribution in [0, 0.1) is 0 Å². The van der Waals surface area contributed by atoms with Crippen LogP contribution >= 0.6 is 0 Å². The molecule has 3 heteroatoms. The molecule has 0 unspecified atom stereocenters. The Labute approximate surface area is 84.1 Å². The largest absolute Gasteiger partial charge is 0.386 e. The first-order chi connectivity index (χ1) is 6.67. The Morgan fingerprint density at radius 2 is 1.86 bits per heavy atom. The average Bonchev–Trinajstić information content (AvgIpc) is 2.19. The van der Waals surface area contributed by atoms with Gasteiger partial charge in [-0.15, -0.1) is 0 Å². The minimum absolute atomic E-state index is 0.161. The van der Waals surface area contributed by atoms with Gasteiger partial charge in [-0.2, -0.15) is 0 Å². The zero-order valence-corrected chi connectivity index (χ0v) is 8.42. The molecule has 0 fully saturated rings. The predicted molar refractivity (Wildman–Crippen MR) is 55.8 cm³/mol. The normalized spacial score (nSPS) is 17.6. The van der Waals surface area contributed by atoms with Crippen LogP contribution in [0.5, 0.6) is 0 Å². The summed E-state index contributed by atoms with van der Waals surface area (Å²) in [4.78, 5) is 10.6. The van der Waals surface area contributed by atoms with Crippen LogP contribution in [0.25, 0.3) is 0 Å². The minimum Gasteiger partial charge on any atom is -0.386 e. The van der Waals surface area contributed by atoms with Crippen LogP contribution in [-0.4, -0.2) is 28.7 Å². The highest BCUT2D eigenvalue weighted by molar-refractivity contribution is 5.75. The topological polar surface area (TPSA) is 57.5 Å². The zero-order valence-electron chi connectivity index (χ0n) is 8.42. The number of rotatable bonds is 5. The number of aldehydes is 1. The molecule has 0 spiro atoms. The molecule has 2 atom stereocenters. The second-order valence-electron chi connectivity index (χ2n) is 2.77. The number of aliphatic hydroxyl groups is 2. The van der Waals surface area contributed by atoms with E-state index in [4.69, 9.17) is 0 Å². The standard InChI is InChI=1S/C11H16O3/c1-3-5-7-9(8-12)11(14)10(13)6-4-2/h3-8,10-11,13-14H,1-2H3/b5-3+,6-4-,9-7-/t10-,11+/m0/s1. The zero-order chi connectivity index (χ0) is 11.0. The van der Waals surface area contributed by atoms with Crippen LogP contribution in [0.15, 0.2) is 36.0 Å². The van der Waals surface area contributed by atoms with E-state index >= 15 is 0 Å². The smallest absolute Gasteiger partial charge is 0.148 e. The van der Waals surface area contributed by atoms with Crippen molar-refractivity contribution in [2.45, 2.75) is 26.1 Å². The van der Waals surface area contributed by atoms with E-state index < -0.39 is 12.2 Å². The van der Waals surface area contributed by atoms with E-state index in [0.717, 1.165) is 0 Å². The lowest BCUT2D eigenvalue weighted by atomic mass is 10.0. The van der Waals surface area contributed by atoms with Gasteiger partial charge < -0.3 is 10.2 Å². The maximum atomic E-state index is 10.6. The quantitative estimate of drug-likeness (QED) is 0.298. The molecule has 0 amide bonds. The lowest BCUT2D eigenvalue weighted by Gasteiger charge is -2.13. The van der Waals surface area contributed by atoms with Crippen molar-refractivity contribution in [1.29, 1.82) is 0 Å². The Kier molecular flexibility index (Phi) is 6.62. The molecule has 0 aromatic carbocycles. The lowest BCUT2D eigenvalue weighted by Crippen LogP contribution is -2.26. The van der Waals surface area contributed by atoms with Gasteiger partial charge in [0.05, 0.1) is 0 Å². The first-order valence-electron chi connectivity index (χ1n) is 4.44. The summed E-state index contributed by atoms with van der Waals surface area (Å²) in [6.45, 7) is 3.53. The predicted octanol–water partition coefficient (Wildman–Crippen LogP) is 0.986. The van der Waals surface area contributed by atoms with Gasteiger partial charge in [-0.1, -0.05) is 30.4 Å². The van der Waals surface area contributed by atoms with E-state index in [9.17, 15) is 15.0 Å². The fourth-order valence-corrected chi connectivity index (χ4v) is 0.915. The molecule has 0 rings (SSSR count). The third-order valence-corrected chi connectivity index (χ3v) is 1.67. The van der Waals surface area contributed by atoms with Gasteiger partial charge in [-0.25, -0.2) is 0 Å². The van der Waals surface area contributed by atoms with E-state index in [2.05, 4.69) is 0 Å². The summed E-state index contributed by atoms with van der Waals surface area (Å²) in [5.41, 5.74) is 0.161. The van der Waals surface area contributed by atoms with Crippen LogP contribution < -0.4 is 0 Å². The summed E-state index contributed by atoms with van der Waals surface area (Å²) in [7, 11) is 0. The Morgan fingerprint density at radius 1 is 1.21 bits per heavy atom. The van der Waals surface area contributed by atoms with E-state index in [1.54, 1.807) is 32.1 Å². The van der Waals surface area contributed by atoms with E-state index in [1.165, 1.54) is 12.2 Å². The molecule has 0 aliphatic carbocycles. The summed E-state index contributed by atoms with van der Waals surface area (Å²) >= 11 is 0. The van der Waals surface area contributed by atoms with Crippen molar-refractivity contribution in [3.8, 4) is 0 Å². The molecular weight excluding hydrogens is 180 g/mol. The number of carbonyl (C=O) groups is 1. The van der Waals surface area contributed by atoms with Crippen molar-refractivity contribution in [2.75, 3.05) is 0 Å². The van der Waals surface area contributed by atoms with E-state index in [0.29, 0.717) is 6.29 Å². The third-order valence-electron chi connectivity index (χ3n) is 1.67. The van der Waals surface area contributed by atoms with Gasteiger partial charge in [0.1, 0.15) is 18.5 Å². The molecule has 0 aromatic heterocycles. The summed E-state index contributed by atoms with van der Waals surface area (Å²) in [6.07, 6.45) is 6.22. The lowest BCUT2D eigenvalue weighted by molar-refractivity contribution is -0.106. The summed E-state index contributed by atoms with van der Waals surface area (Å²) in [5, 5.41) is 18.9. The molecular formula is C11H16O3. The van der Waals surface area contributed by atoms with E-state index in [-0.39, 0.29) is 5.57 Å². The second-order valence-corrected chi connectivity index (χ2v) is 2.77. The molecule has 0 bridgehead atoms. The Balaban J connectivity index is 4.60. The molecule has 0 aromatic rings. The fraction of sp³-hybridized carbons (Fsp3) is 0.364. The second kappa shape index (κ2) is 7.24. The van der Waals surface area contributed by atoms with Crippen molar-refractivity contribution in [3.05, 3.63) is 36.0 Å². The highest BCUT2D eigenvalue weighted by Crippen LogP contribution is 2.06. The molecule has 0 saturated heterocycles. The molecule has 0 radical (unpaired) electrons. The van der Waals surface area contributed by atoms with Gasteiger partial charge in [0.15, 0.2) is 0 Å². The van der Waals surface area contributed by atoms with Crippen LogP contribution in [0.3, 0.4) is 0 Å². The third kappa shape index (κ3) is 4.16. The van der Waals surface area contributed by atoms with Crippen LogP contribution in [0.1, 0.15) is 13.8 Å². The molecule has 78 valence electrons. The fourth-order valence-electron chi connectivity index (χ4n) is 0.915. The minimum atomic E-state index is -1.17. The molecule has 0 aliphatic rings. The van der Waals surface area contributed by atoms with Gasteiger partial charge in [-0.3, -0.25) is 4.79 Å². The Morgan fingerprint density at radius 3 is 2.29 bits per heavy atom. The van der Waals surface area contributed by atoms with Crippen molar-refractivity contribution in [1.82, 2.24) is 0 Å². The number of hydrogen-bond donors (Lipinski definition) is 2. The highest BCUT2D eigenvalue weighted by Gasteiger charge is 2.16. The van der Waals surface area contributed by atoms with Gasteiger partial charge in [0.2, 0.25) is 0 Å². The van der Waals surface area contributed by atoms with Crippen LogP contribution in [0.2, 0.25) is 0 Å². The number of allylic oxidation sites excluding steroid dienone is 4. The molecule has 0 heterocycles. The van der Waals surface area contributed by atoms with Gasteiger partial charge in [0.25, 0.3) is 0 Å². The Hall–Kier alpha value is -1.19. The first-order valence-corrected chi connectivity index (χ1v) is 4.44. The monoisotopic (exact) mass is 196 g/mol. The summed E-state index contributed by atoms with van der Waals surface area (Å²) in [6, 6.07) is 0. The molecule has 14 heavy (non-hydrogen) atoms. The number of hydrogen-bond acceptors (Lipinski definition) is 3. The first kappa shape index (κ1) is 12.8. The molecule has 3 nitrogen and oxygen atoms in total. The van der Waals surface area contributed by atoms with Gasteiger partial charge in [0, 0.05) is 5.57 Å². The van der Waals surface area contributed by atoms with Crippen molar-refractivity contribution in [3.63, 3.8) is 0 Å². The SMILES string of the molecule is C/C=C\[C@H](O)[C@H](O)/C(C=O)=C\C=C\C. The summed E-state index contributed by atoms with van der Waals surface area (Å²) < 4.78 is 0. The molecule has 0 aliphatic heterocycles. The average molecular weight is 196 g/mol. The molecule has 2 N–H and O–H groups in total. The highest BCUT2D eigenvalue weighted by atomic mass is 16.3. The number of carbonyl (C=O) groups excluding carboxylic acids is 1. The van der Waals surface area contributed by atoms with Gasteiger partial charge >= 0.3 is 0 Å².